The van der Waals surface area contributed by atoms with Crippen LogP contribution in [0.25, 0.3) is 0 Å². The summed E-state index contributed by atoms with van der Waals surface area (Å²) in [6.45, 7) is 0. The lowest BCUT2D eigenvalue weighted by Crippen LogP contribution is -2.24. The monoisotopic (exact) mass is 191 g/mol. The Kier molecular flexibility index (Phi) is 1.96. The van der Waals surface area contributed by atoms with Gasteiger partial charge < -0.3 is 4.74 Å². The first-order valence-electron chi connectivity index (χ1n) is 4.23. The number of hydrogen-bond acceptors (Lipinski definition) is 3. The van der Waals surface area contributed by atoms with Crippen LogP contribution in [-0.4, -0.2) is 23.9 Å². The summed E-state index contributed by atoms with van der Waals surface area (Å²) in [4.78, 5) is 23.5. The van der Waals surface area contributed by atoms with E-state index in [4.69, 9.17) is 4.74 Å². The Balaban J connectivity index is 2.30. The first kappa shape index (κ1) is 8.74. The van der Waals surface area contributed by atoms with Crippen LogP contribution in [0.1, 0.15) is 11.7 Å². The Morgan fingerprint density at radius 1 is 1.21 bits per heavy atom. The molecule has 1 aliphatic rings. The third kappa shape index (κ3) is 1.25. The molecule has 0 aliphatic carbocycles. The van der Waals surface area contributed by atoms with E-state index >= 15 is 0 Å². The van der Waals surface area contributed by atoms with Crippen LogP contribution in [0.5, 0.6) is 0 Å². The van der Waals surface area contributed by atoms with E-state index < -0.39 is 12.2 Å². The van der Waals surface area contributed by atoms with Gasteiger partial charge in [0.2, 0.25) is 6.10 Å². The summed E-state index contributed by atoms with van der Waals surface area (Å²) in [7, 11) is 1.41. The highest BCUT2D eigenvalue weighted by molar-refractivity contribution is 6.00. The molecule has 1 saturated heterocycles. The Bertz CT molecular complexity index is 374. The highest BCUT2D eigenvalue weighted by atomic mass is 16.6. The molecule has 0 N–H and O–H groups in total. The quantitative estimate of drug-likeness (QED) is 0.672. The van der Waals surface area contributed by atoms with Crippen molar-refractivity contribution in [2.75, 3.05) is 7.05 Å². The van der Waals surface area contributed by atoms with Gasteiger partial charge in [0.15, 0.2) is 0 Å². The maximum atomic E-state index is 11.5. The summed E-state index contributed by atoms with van der Waals surface area (Å²) in [6.07, 6.45) is -1.36. The molecule has 0 bridgehead atoms. The Morgan fingerprint density at radius 2 is 1.86 bits per heavy atom. The van der Waals surface area contributed by atoms with Gasteiger partial charge in [-0.1, -0.05) is 30.3 Å². The molecule has 0 radical (unpaired) electrons. The lowest BCUT2D eigenvalue weighted by molar-refractivity contribution is -0.129. The van der Waals surface area contributed by atoms with Crippen LogP contribution in [-0.2, 0) is 9.53 Å². The Morgan fingerprint density at radius 3 is 2.36 bits per heavy atom. The van der Waals surface area contributed by atoms with Crippen LogP contribution in [0.4, 0.5) is 4.79 Å². The molecule has 2 amide bonds. The summed E-state index contributed by atoms with van der Waals surface area (Å²) in [6, 6.07) is 8.96. The van der Waals surface area contributed by atoms with Crippen LogP contribution >= 0.6 is 0 Å². The summed E-state index contributed by atoms with van der Waals surface area (Å²) >= 11 is 0. The molecule has 1 aromatic carbocycles. The predicted octanol–water partition coefficient (Wildman–Crippen LogP) is 1.34. The number of nitrogens with zero attached hydrogens (tertiary/aromatic N) is 1. The lowest BCUT2D eigenvalue weighted by Gasteiger charge is -2.05. The number of amides is 2. The number of benzene rings is 1. The Hall–Kier alpha value is -1.84. The minimum Gasteiger partial charge on any atom is -0.431 e. The van der Waals surface area contributed by atoms with Crippen LogP contribution < -0.4 is 0 Å². The topological polar surface area (TPSA) is 46.6 Å². The maximum absolute atomic E-state index is 11.5. The standard InChI is InChI=1S/C10H9NO3/c1-11-9(12)8(14-10(11)13)7-5-3-2-4-6-7/h2-6,8H,1H3/t8-/m0/s1. The third-order valence-electron chi connectivity index (χ3n) is 2.15. The van der Waals surface area contributed by atoms with Crippen molar-refractivity contribution in [1.29, 1.82) is 0 Å². The van der Waals surface area contributed by atoms with Crippen molar-refractivity contribution in [2.45, 2.75) is 6.10 Å². The van der Waals surface area contributed by atoms with E-state index in [0.29, 0.717) is 5.56 Å². The molecular weight excluding hydrogens is 182 g/mol. The molecule has 14 heavy (non-hydrogen) atoms. The van der Waals surface area contributed by atoms with E-state index in [1.54, 1.807) is 24.3 Å². The molecule has 72 valence electrons. The maximum Gasteiger partial charge on any atom is 0.417 e. The largest absolute Gasteiger partial charge is 0.431 e. The molecule has 1 atom stereocenters. The van der Waals surface area contributed by atoms with Gasteiger partial charge in [-0.3, -0.25) is 4.79 Å². The number of carbonyl (C=O) groups excluding carboxylic acids is 2. The van der Waals surface area contributed by atoms with Gasteiger partial charge in [0.25, 0.3) is 5.91 Å². The van der Waals surface area contributed by atoms with Gasteiger partial charge in [0, 0.05) is 12.6 Å². The van der Waals surface area contributed by atoms with Gasteiger partial charge in [-0.25, -0.2) is 9.69 Å². The second-order valence-corrected chi connectivity index (χ2v) is 3.07. The Labute approximate surface area is 81.1 Å². The molecule has 1 fully saturated rings. The SMILES string of the molecule is CN1C(=O)O[C@@H](c2ccccc2)C1=O. The molecule has 4 heteroatoms. The summed E-state index contributed by atoms with van der Waals surface area (Å²) < 4.78 is 4.91. The smallest absolute Gasteiger partial charge is 0.417 e. The summed E-state index contributed by atoms with van der Waals surface area (Å²) in [5.41, 5.74) is 0.704. The zero-order valence-electron chi connectivity index (χ0n) is 7.64. The molecule has 0 saturated carbocycles. The zero-order chi connectivity index (χ0) is 10.1. The highest BCUT2D eigenvalue weighted by Crippen LogP contribution is 2.25. The van der Waals surface area contributed by atoms with Crippen molar-refractivity contribution in [3.05, 3.63) is 35.9 Å². The molecule has 4 nitrogen and oxygen atoms in total. The van der Waals surface area contributed by atoms with Gasteiger partial charge in [0.1, 0.15) is 0 Å². The number of cyclic esters (lactones) is 1. The van der Waals surface area contributed by atoms with Crippen LogP contribution in [0.3, 0.4) is 0 Å². The van der Waals surface area contributed by atoms with Crippen LogP contribution in [0, 0.1) is 0 Å². The summed E-state index contributed by atoms with van der Waals surface area (Å²) in [5.74, 6) is -0.318. The van der Waals surface area contributed by atoms with Gasteiger partial charge in [-0.05, 0) is 0 Å². The predicted molar refractivity (Wildman–Crippen MR) is 48.4 cm³/mol. The molecule has 1 aromatic rings. The second-order valence-electron chi connectivity index (χ2n) is 3.07. The van der Waals surface area contributed by atoms with Crippen molar-refractivity contribution < 1.29 is 14.3 Å². The summed E-state index contributed by atoms with van der Waals surface area (Å²) in [5, 5.41) is 0. The van der Waals surface area contributed by atoms with E-state index in [0.717, 1.165) is 4.90 Å². The first-order chi connectivity index (χ1) is 6.70. The average Bonchev–Trinajstić information content (AvgIpc) is 2.47. The minimum absolute atomic E-state index is 0.318. The number of imide groups is 1. The van der Waals surface area contributed by atoms with Crippen molar-refractivity contribution in [2.24, 2.45) is 0 Å². The fourth-order valence-electron chi connectivity index (χ4n) is 1.33. The van der Waals surface area contributed by atoms with Gasteiger partial charge >= 0.3 is 6.09 Å². The molecule has 0 aromatic heterocycles. The first-order valence-corrected chi connectivity index (χ1v) is 4.23. The number of hydrogen-bond donors (Lipinski definition) is 0. The lowest BCUT2D eigenvalue weighted by atomic mass is 10.1. The number of rotatable bonds is 1. The van der Waals surface area contributed by atoms with Gasteiger partial charge in [-0.2, -0.15) is 0 Å². The highest BCUT2D eigenvalue weighted by Gasteiger charge is 2.38. The van der Waals surface area contributed by atoms with Gasteiger partial charge in [0.05, 0.1) is 0 Å². The van der Waals surface area contributed by atoms with E-state index in [9.17, 15) is 9.59 Å². The molecule has 2 rings (SSSR count). The number of ether oxygens (including phenoxy) is 1. The van der Waals surface area contributed by atoms with E-state index in [1.165, 1.54) is 7.05 Å². The fraction of sp³-hybridized carbons (Fsp3) is 0.200. The van der Waals surface area contributed by atoms with Crippen molar-refractivity contribution in [1.82, 2.24) is 4.90 Å². The van der Waals surface area contributed by atoms with Crippen molar-refractivity contribution >= 4 is 12.0 Å². The molecular formula is C10H9NO3. The normalized spacial score (nSPS) is 21.2. The minimum atomic E-state index is -0.770. The second kappa shape index (κ2) is 3.14. The zero-order valence-corrected chi connectivity index (χ0v) is 7.64. The average molecular weight is 191 g/mol. The fourth-order valence-corrected chi connectivity index (χ4v) is 1.33. The van der Waals surface area contributed by atoms with E-state index in [1.807, 2.05) is 6.07 Å². The molecule has 0 unspecified atom stereocenters. The number of likely N-dealkylation sites (N-methyl/N-ethyl adjacent to an activating group) is 1. The molecule has 0 spiro atoms. The van der Waals surface area contributed by atoms with Crippen molar-refractivity contribution in [3.8, 4) is 0 Å². The van der Waals surface area contributed by atoms with Gasteiger partial charge in [-0.15, -0.1) is 0 Å². The number of carbonyl (C=O) groups is 2. The van der Waals surface area contributed by atoms with E-state index in [2.05, 4.69) is 0 Å². The molecule has 1 aliphatic heterocycles. The molecule has 1 heterocycles. The van der Waals surface area contributed by atoms with Crippen LogP contribution in [0.2, 0.25) is 0 Å². The van der Waals surface area contributed by atoms with Crippen molar-refractivity contribution in [3.63, 3.8) is 0 Å². The third-order valence-corrected chi connectivity index (χ3v) is 2.15. The van der Waals surface area contributed by atoms with E-state index in [-0.39, 0.29) is 5.91 Å². The van der Waals surface area contributed by atoms with Crippen LogP contribution in [0.15, 0.2) is 30.3 Å².